The number of amides is 2. The number of para-hydroxylation sites is 1. The van der Waals surface area contributed by atoms with E-state index in [2.05, 4.69) is 10.9 Å². The van der Waals surface area contributed by atoms with Gasteiger partial charge in [-0.15, -0.1) is 0 Å². The third-order valence-electron chi connectivity index (χ3n) is 3.05. The SMILES string of the molecule is CCOCc1c(C(=O)OCC(=O)NNC(C)=O)oc2ccccc12. The number of esters is 1. The third kappa shape index (κ3) is 4.32. The van der Waals surface area contributed by atoms with Gasteiger partial charge in [0.2, 0.25) is 11.7 Å². The minimum absolute atomic E-state index is 0.00280. The van der Waals surface area contributed by atoms with Crippen LogP contribution in [0.25, 0.3) is 11.0 Å². The van der Waals surface area contributed by atoms with Crippen molar-refractivity contribution in [2.24, 2.45) is 0 Å². The number of hydrogen-bond donors (Lipinski definition) is 2. The molecule has 0 bridgehead atoms. The summed E-state index contributed by atoms with van der Waals surface area (Å²) in [5, 5.41) is 0.751. The number of hydrogen-bond acceptors (Lipinski definition) is 6. The molecule has 2 amide bonds. The van der Waals surface area contributed by atoms with E-state index in [0.29, 0.717) is 17.8 Å². The first-order valence-electron chi connectivity index (χ1n) is 7.33. The Kier molecular flexibility index (Phi) is 5.91. The molecule has 0 aliphatic heterocycles. The Morgan fingerprint density at radius 3 is 2.62 bits per heavy atom. The van der Waals surface area contributed by atoms with Gasteiger partial charge < -0.3 is 13.9 Å². The fourth-order valence-electron chi connectivity index (χ4n) is 2.00. The van der Waals surface area contributed by atoms with Crippen LogP contribution in [0.5, 0.6) is 0 Å². The summed E-state index contributed by atoms with van der Waals surface area (Å²) in [7, 11) is 0. The van der Waals surface area contributed by atoms with Gasteiger partial charge in [-0.05, 0) is 13.0 Å². The molecule has 2 N–H and O–H groups in total. The van der Waals surface area contributed by atoms with E-state index in [0.717, 1.165) is 5.39 Å². The summed E-state index contributed by atoms with van der Waals surface area (Å²) in [6, 6.07) is 7.15. The van der Waals surface area contributed by atoms with Crippen LogP contribution >= 0.6 is 0 Å². The molecule has 1 aromatic heterocycles. The highest BCUT2D eigenvalue weighted by Crippen LogP contribution is 2.27. The van der Waals surface area contributed by atoms with Crippen molar-refractivity contribution in [2.75, 3.05) is 13.2 Å². The van der Waals surface area contributed by atoms with E-state index < -0.39 is 24.4 Å². The number of ether oxygens (including phenoxy) is 2. The van der Waals surface area contributed by atoms with Gasteiger partial charge in [0.15, 0.2) is 6.61 Å². The van der Waals surface area contributed by atoms with Crippen LogP contribution in [0, 0.1) is 0 Å². The number of furan rings is 1. The van der Waals surface area contributed by atoms with Crippen LogP contribution in [0.4, 0.5) is 0 Å². The molecule has 0 fully saturated rings. The summed E-state index contributed by atoms with van der Waals surface area (Å²) in [6.45, 7) is 3.20. The molecule has 8 nitrogen and oxygen atoms in total. The summed E-state index contributed by atoms with van der Waals surface area (Å²) in [5.74, 6) is -1.89. The van der Waals surface area contributed by atoms with E-state index >= 15 is 0 Å². The molecular formula is C16H18N2O6. The largest absolute Gasteiger partial charge is 0.450 e. The van der Waals surface area contributed by atoms with Crippen LogP contribution in [-0.2, 0) is 25.7 Å². The number of benzene rings is 1. The maximum absolute atomic E-state index is 12.2. The van der Waals surface area contributed by atoms with E-state index in [-0.39, 0.29) is 12.4 Å². The summed E-state index contributed by atoms with van der Waals surface area (Å²) >= 11 is 0. The zero-order valence-corrected chi connectivity index (χ0v) is 13.4. The van der Waals surface area contributed by atoms with Gasteiger partial charge in [-0.2, -0.15) is 0 Å². The lowest BCUT2D eigenvalue weighted by Crippen LogP contribution is -2.42. The van der Waals surface area contributed by atoms with Crippen molar-refractivity contribution in [3.05, 3.63) is 35.6 Å². The molecule has 128 valence electrons. The molecule has 0 saturated heterocycles. The molecule has 0 atom stereocenters. The summed E-state index contributed by atoms with van der Waals surface area (Å²) in [5.41, 5.74) is 5.29. The van der Waals surface area contributed by atoms with Crippen LogP contribution in [0.2, 0.25) is 0 Å². The van der Waals surface area contributed by atoms with E-state index in [4.69, 9.17) is 13.9 Å². The molecule has 24 heavy (non-hydrogen) atoms. The fraction of sp³-hybridized carbons (Fsp3) is 0.312. The number of nitrogens with one attached hydrogen (secondary N) is 2. The Balaban J connectivity index is 2.10. The lowest BCUT2D eigenvalue weighted by Gasteiger charge is -2.06. The normalized spacial score (nSPS) is 10.4. The van der Waals surface area contributed by atoms with Gasteiger partial charge in [-0.25, -0.2) is 4.79 Å². The van der Waals surface area contributed by atoms with Crippen molar-refractivity contribution in [3.63, 3.8) is 0 Å². The second-order valence-corrected chi connectivity index (χ2v) is 4.85. The standard InChI is InChI=1S/C16H18N2O6/c1-3-22-8-12-11-6-4-5-7-13(11)24-15(12)16(21)23-9-14(20)18-17-10(2)19/h4-7H,3,8-9H2,1-2H3,(H,17,19)(H,18,20). The molecule has 0 saturated carbocycles. The topological polar surface area (TPSA) is 107 Å². The van der Waals surface area contributed by atoms with E-state index in [9.17, 15) is 14.4 Å². The quantitative estimate of drug-likeness (QED) is 0.609. The zero-order valence-electron chi connectivity index (χ0n) is 13.4. The fourth-order valence-corrected chi connectivity index (χ4v) is 2.00. The maximum atomic E-state index is 12.2. The average molecular weight is 334 g/mol. The van der Waals surface area contributed by atoms with Gasteiger partial charge >= 0.3 is 5.97 Å². The minimum atomic E-state index is -0.779. The lowest BCUT2D eigenvalue weighted by atomic mass is 10.1. The zero-order chi connectivity index (χ0) is 17.5. The molecule has 2 aromatic rings. The Labute approximate surface area is 138 Å². The first kappa shape index (κ1) is 17.5. The molecular weight excluding hydrogens is 316 g/mol. The van der Waals surface area contributed by atoms with Crippen LogP contribution < -0.4 is 10.9 Å². The first-order chi connectivity index (χ1) is 11.5. The highest BCUT2D eigenvalue weighted by molar-refractivity contribution is 5.97. The number of rotatable bonds is 6. The van der Waals surface area contributed by atoms with Crippen molar-refractivity contribution in [1.82, 2.24) is 10.9 Å². The van der Waals surface area contributed by atoms with Crippen molar-refractivity contribution in [3.8, 4) is 0 Å². The predicted octanol–water partition coefficient (Wildman–Crippen LogP) is 1.29. The first-order valence-corrected chi connectivity index (χ1v) is 7.33. The summed E-state index contributed by atoms with van der Waals surface area (Å²) in [6.07, 6.45) is 0. The molecule has 0 radical (unpaired) electrons. The predicted molar refractivity (Wildman–Crippen MR) is 83.8 cm³/mol. The van der Waals surface area contributed by atoms with Crippen molar-refractivity contribution >= 4 is 28.8 Å². The van der Waals surface area contributed by atoms with Crippen molar-refractivity contribution in [2.45, 2.75) is 20.5 Å². The van der Waals surface area contributed by atoms with Crippen LogP contribution in [-0.4, -0.2) is 31.0 Å². The molecule has 2 rings (SSSR count). The number of carbonyl (C=O) groups is 3. The minimum Gasteiger partial charge on any atom is -0.450 e. The van der Waals surface area contributed by atoms with E-state index in [1.807, 2.05) is 19.1 Å². The average Bonchev–Trinajstić information content (AvgIpc) is 2.94. The van der Waals surface area contributed by atoms with Crippen LogP contribution in [0.3, 0.4) is 0 Å². The van der Waals surface area contributed by atoms with Crippen LogP contribution in [0.1, 0.15) is 30.0 Å². The number of carbonyl (C=O) groups excluding carboxylic acids is 3. The second-order valence-electron chi connectivity index (χ2n) is 4.85. The van der Waals surface area contributed by atoms with E-state index in [1.54, 1.807) is 12.1 Å². The Hall–Kier alpha value is -2.87. The van der Waals surface area contributed by atoms with Gasteiger partial charge in [0, 0.05) is 24.5 Å². The second kappa shape index (κ2) is 8.11. The molecule has 0 spiro atoms. The molecule has 1 heterocycles. The summed E-state index contributed by atoms with van der Waals surface area (Å²) < 4.78 is 15.8. The Morgan fingerprint density at radius 1 is 1.17 bits per heavy atom. The lowest BCUT2D eigenvalue weighted by molar-refractivity contribution is -0.129. The van der Waals surface area contributed by atoms with Gasteiger partial charge in [0.05, 0.1) is 6.61 Å². The smallest absolute Gasteiger partial charge is 0.375 e. The Morgan fingerprint density at radius 2 is 1.92 bits per heavy atom. The number of fused-ring (bicyclic) bond motifs is 1. The maximum Gasteiger partial charge on any atom is 0.375 e. The van der Waals surface area contributed by atoms with E-state index in [1.165, 1.54) is 6.92 Å². The van der Waals surface area contributed by atoms with Gasteiger partial charge in [0.1, 0.15) is 5.58 Å². The molecule has 8 heteroatoms. The molecule has 0 unspecified atom stereocenters. The highest BCUT2D eigenvalue weighted by atomic mass is 16.5. The Bertz CT molecular complexity index is 752. The molecule has 1 aromatic carbocycles. The van der Waals surface area contributed by atoms with Crippen molar-refractivity contribution in [1.29, 1.82) is 0 Å². The van der Waals surface area contributed by atoms with Crippen molar-refractivity contribution < 1.29 is 28.3 Å². The highest BCUT2D eigenvalue weighted by Gasteiger charge is 2.22. The molecule has 0 aliphatic carbocycles. The van der Waals surface area contributed by atoms with Gasteiger partial charge in [-0.1, -0.05) is 18.2 Å². The van der Waals surface area contributed by atoms with Gasteiger partial charge in [0.25, 0.3) is 5.91 Å². The number of hydrazine groups is 1. The molecule has 0 aliphatic rings. The van der Waals surface area contributed by atoms with Crippen LogP contribution in [0.15, 0.2) is 28.7 Å². The summed E-state index contributed by atoms with van der Waals surface area (Å²) in [4.78, 5) is 34.3. The monoisotopic (exact) mass is 334 g/mol. The third-order valence-corrected chi connectivity index (χ3v) is 3.05. The van der Waals surface area contributed by atoms with Gasteiger partial charge in [-0.3, -0.25) is 20.4 Å².